The molecule has 0 saturated carbocycles. The third-order valence-corrected chi connectivity index (χ3v) is 2.21. The van der Waals surface area contributed by atoms with E-state index in [1.165, 1.54) is 0 Å². The lowest BCUT2D eigenvalue weighted by Gasteiger charge is -1.98. The summed E-state index contributed by atoms with van der Waals surface area (Å²) in [5, 5.41) is 9.91. The molecule has 0 saturated heterocycles. The fourth-order valence-electron chi connectivity index (χ4n) is 1.62. The Labute approximate surface area is 81.9 Å². The Bertz CT molecular complexity index is 493. The van der Waals surface area contributed by atoms with Crippen molar-refractivity contribution in [1.82, 2.24) is 4.98 Å². The molecule has 1 heterocycles. The van der Waals surface area contributed by atoms with Gasteiger partial charge in [-0.3, -0.25) is 0 Å². The van der Waals surface area contributed by atoms with Crippen LogP contribution in [0.15, 0.2) is 24.4 Å². The van der Waals surface area contributed by atoms with Gasteiger partial charge in [-0.25, -0.2) is 0 Å². The predicted octanol–water partition coefficient (Wildman–Crippen LogP) is 2.19. The number of methoxy groups -OCH3 is 1. The summed E-state index contributed by atoms with van der Waals surface area (Å²) in [6.45, 7) is 0.526. The van der Waals surface area contributed by atoms with Crippen molar-refractivity contribution < 1.29 is 4.74 Å². The minimum absolute atomic E-state index is 0.526. The second-order valence-electron chi connectivity index (χ2n) is 3.09. The maximum Gasteiger partial charge on any atom is 0.0998 e. The molecule has 1 aromatic heterocycles. The van der Waals surface area contributed by atoms with Gasteiger partial charge in [-0.05, 0) is 12.1 Å². The maximum atomic E-state index is 8.94. The summed E-state index contributed by atoms with van der Waals surface area (Å²) < 4.78 is 5.06. The SMILES string of the molecule is COCc1c[nH]c2cccc(C#N)c12. The summed E-state index contributed by atoms with van der Waals surface area (Å²) in [4.78, 5) is 3.12. The number of rotatable bonds is 2. The molecule has 1 N–H and O–H groups in total. The van der Waals surface area contributed by atoms with Crippen molar-refractivity contribution in [2.75, 3.05) is 7.11 Å². The molecule has 3 heteroatoms. The number of H-pyrrole nitrogens is 1. The fraction of sp³-hybridized carbons (Fsp3) is 0.182. The van der Waals surface area contributed by atoms with E-state index in [9.17, 15) is 0 Å². The minimum atomic E-state index is 0.526. The van der Waals surface area contributed by atoms with Crippen LogP contribution in [-0.2, 0) is 11.3 Å². The van der Waals surface area contributed by atoms with Gasteiger partial charge in [0.15, 0.2) is 0 Å². The number of hydrogen-bond donors (Lipinski definition) is 1. The van der Waals surface area contributed by atoms with Crippen LogP contribution in [0.4, 0.5) is 0 Å². The predicted molar refractivity (Wildman–Crippen MR) is 53.7 cm³/mol. The number of aromatic nitrogens is 1. The average molecular weight is 186 g/mol. The standard InChI is InChI=1S/C11H10N2O/c1-14-7-9-6-13-10-4-2-3-8(5-12)11(9)10/h2-4,6,13H,7H2,1H3. The van der Waals surface area contributed by atoms with Crippen LogP contribution in [0.2, 0.25) is 0 Å². The van der Waals surface area contributed by atoms with Crippen LogP contribution in [-0.4, -0.2) is 12.1 Å². The van der Waals surface area contributed by atoms with Crippen LogP contribution in [0.25, 0.3) is 10.9 Å². The van der Waals surface area contributed by atoms with Crippen molar-refractivity contribution >= 4 is 10.9 Å². The van der Waals surface area contributed by atoms with Crippen molar-refractivity contribution in [3.63, 3.8) is 0 Å². The first-order valence-electron chi connectivity index (χ1n) is 4.35. The first-order valence-corrected chi connectivity index (χ1v) is 4.35. The smallest absolute Gasteiger partial charge is 0.0998 e. The lowest BCUT2D eigenvalue weighted by Crippen LogP contribution is -1.86. The van der Waals surface area contributed by atoms with Crippen LogP contribution in [0.1, 0.15) is 11.1 Å². The number of nitrogens with zero attached hydrogens (tertiary/aromatic N) is 1. The molecular weight excluding hydrogens is 176 g/mol. The molecule has 14 heavy (non-hydrogen) atoms. The molecule has 0 unspecified atom stereocenters. The van der Waals surface area contributed by atoms with Gasteiger partial charge in [0.2, 0.25) is 0 Å². The van der Waals surface area contributed by atoms with E-state index in [0.717, 1.165) is 16.5 Å². The summed E-state index contributed by atoms with van der Waals surface area (Å²) >= 11 is 0. The number of aromatic amines is 1. The van der Waals surface area contributed by atoms with E-state index in [2.05, 4.69) is 11.1 Å². The Balaban J connectivity index is 2.69. The number of nitriles is 1. The normalized spacial score (nSPS) is 10.3. The third-order valence-electron chi connectivity index (χ3n) is 2.21. The molecular formula is C11H10N2O. The highest BCUT2D eigenvalue weighted by Crippen LogP contribution is 2.22. The molecule has 0 radical (unpaired) electrons. The highest BCUT2D eigenvalue weighted by atomic mass is 16.5. The lowest BCUT2D eigenvalue weighted by atomic mass is 10.1. The van der Waals surface area contributed by atoms with E-state index < -0.39 is 0 Å². The van der Waals surface area contributed by atoms with Gasteiger partial charge in [0.1, 0.15) is 0 Å². The molecule has 3 nitrogen and oxygen atoms in total. The summed E-state index contributed by atoms with van der Waals surface area (Å²) in [6.07, 6.45) is 1.88. The van der Waals surface area contributed by atoms with E-state index in [1.807, 2.05) is 24.4 Å². The molecule has 70 valence electrons. The molecule has 0 fully saturated rings. The molecule has 0 amide bonds. The van der Waals surface area contributed by atoms with E-state index in [4.69, 9.17) is 10.00 Å². The largest absolute Gasteiger partial charge is 0.380 e. The van der Waals surface area contributed by atoms with E-state index in [0.29, 0.717) is 12.2 Å². The highest BCUT2D eigenvalue weighted by molar-refractivity contribution is 5.88. The molecule has 2 rings (SSSR count). The van der Waals surface area contributed by atoms with Crippen LogP contribution >= 0.6 is 0 Å². The van der Waals surface area contributed by atoms with Gasteiger partial charge in [-0.15, -0.1) is 0 Å². The summed E-state index contributed by atoms with van der Waals surface area (Å²) in [7, 11) is 1.65. The monoisotopic (exact) mass is 186 g/mol. The molecule has 0 aliphatic rings. The van der Waals surface area contributed by atoms with E-state index >= 15 is 0 Å². The summed E-state index contributed by atoms with van der Waals surface area (Å²) in [5.74, 6) is 0. The van der Waals surface area contributed by atoms with Crippen molar-refractivity contribution in [3.8, 4) is 6.07 Å². The fourth-order valence-corrected chi connectivity index (χ4v) is 1.62. The molecule has 2 aromatic rings. The number of hydrogen-bond acceptors (Lipinski definition) is 2. The van der Waals surface area contributed by atoms with Gasteiger partial charge in [0, 0.05) is 29.8 Å². The van der Waals surface area contributed by atoms with Crippen LogP contribution in [0.3, 0.4) is 0 Å². The molecule has 0 bridgehead atoms. The zero-order valence-corrected chi connectivity index (χ0v) is 7.87. The minimum Gasteiger partial charge on any atom is -0.380 e. The molecule has 0 atom stereocenters. The molecule has 0 aliphatic heterocycles. The van der Waals surface area contributed by atoms with Crippen LogP contribution in [0, 0.1) is 11.3 Å². The Morgan fingerprint density at radius 2 is 2.36 bits per heavy atom. The number of ether oxygens (including phenoxy) is 1. The van der Waals surface area contributed by atoms with E-state index in [1.54, 1.807) is 7.11 Å². The molecule has 0 aliphatic carbocycles. The number of fused-ring (bicyclic) bond motifs is 1. The summed E-state index contributed by atoms with van der Waals surface area (Å²) in [5.41, 5.74) is 2.70. The maximum absolute atomic E-state index is 8.94. The Morgan fingerprint density at radius 1 is 1.50 bits per heavy atom. The zero-order chi connectivity index (χ0) is 9.97. The number of nitrogens with one attached hydrogen (secondary N) is 1. The third kappa shape index (κ3) is 1.26. The molecule has 0 spiro atoms. The quantitative estimate of drug-likeness (QED) is 0.781. The van der Waals surface area contributed by atoms with Crippen molar-refractivity contribution in [3.05, 3.63) is 35.5 Å². The van der Waals surface area contributed by atoms with Gasteiger partial charge < -0.3 is 9.72 Å². The second kappa shape index (κ2) is 3.52. The van der Waals surface area contributed by atoms with Gasteiger partial charge in [0.25, 0.3) is 0 Å². The number of benzene rings is 1. The van der Waals surface area contributed by atoms with Crippen LogP contribution < -0.4 is 0 Å². The van der Waals surface area contributed by atoms with Crippen molar-refractivity contribution in [2.45, 2.75) is 6.61 Å². The Kier molecular flexibility index (Phi) is 2.21. The first kappa shape index (κ1) is 8.79. The van der Waals surface area contributed by atoms with Gasteiger partial charge in [-0.2, -0.15) is 5.26 Å². The second-order valence-corrected chi connectivity index (χ2v) is 3.09. The van der Waals surface area contributed by atoms with Gasteiger partial charge in [0.05, 0.1) is 18.2 Å². The van der Waals surface area contributed by atoms with Crippen LogP contribution in [0.5, 0.6) is 0 Å². The first-order chi connectivity index (χ1) is 6.86. The summed E-state index contributed by atoms with van der Waals surface area (Å²) in [6, 6.07) is 7.82. The van der Waals surface area contributed by atoms with Gasteiger partial charge in [-0.1, -0.05) is 6.07 Å². The molecule has 1 aromatic carbocycles. The Morgan fingerprint density at radius 3 is 3.07 bits per heavy atom. The average Bonchev–Trinajstić information content (AvgIpc) is 2.62. The lowest BCUT2D eigenvalue weighted by molar-refractivity contribution is 0.186. The van der Waals surface area contributed by atoms with Crippen molar-refractivity contribution in [1.29, 1.82) is 5.26 Å². The highest BCUT2D eigenvalue weighted by Gasteiger charge is 2.07. The Hall–Kier alpha value is -1.79. The topological polar surface area (TPSA) is 48.8 Å². The van der Waals surface area contributed by atoms with Gasteiger partial charge >= 0.3 is 0 Å². The van der Waals surface area contributed by atoms with Crippen molar-refractivity contribution in [2.24, 2.45) is 0 Å². The zero-order valence-electron chi connectivity index (χ0n) is 7.87. The van der Waals surface area contributed by atoms with E-state index in [-0.39, 0.29) is 0 Å².